The Balaban J connectivity index is 1.97. The first kappa shape index (κ1) is 13.3. The Morgan fingerprint density at radius 3 is 2.71 bits per heavy atom. The van der Waals surface area contributed by atoms with E-state index in [1.165, 1.54) is 44.6 Å². The number of thioether (sulfide) groups is 1. The molecule has 17 heavy (non-hydrogen) atoms. The van der Waals surface area contributed by atoms with E-state index in [1.807, 2.05) is 6.26 Å². The lowest BCUT2D eigenvalue weighted by Crippen LogP contribution is -2.26. The average molecular weight is 272 g/mol. The van der Waals surface area contributed by atoms with Gasteiger partial charge >= 0.3 is 5.97 Å². The maximum absolute atomic E-state index is 11.8. The maximum Gasteiger partial charge on any atom is 0.314 e. The number of rotatable bonds is 4. The summed E-state index contributed by atoms with van der Waals surface area (Å²) in [6.45, 7) is 0. The number of thiocarbonyl (C=S) groups is 1. The van der Waals surface area contributed by atoms with Crippen LogP contribution in [-0.4, -0.2) is 23.5 Å². The third-order valence-electron chi connectivity index (χ3n) is 4.39. The van der Waals surface area contributed by atoms with Crippen LogP contribution in [0, 0.1) is 23.7 Å². The standard InChI is InChI=1S/C13H20O2S2/c1-15-12(14)11(13(16)17-2)7-10-6-8-3-4-9(10)5-8/h8-11H,3-7H2,1-2H3. The van der Waals surface area contributed by atoms with Gasteiger partial charge in [-0.05, 0) is 49.7 Å². The average Bonchev–Trinajstić information content (AvgIpc) is 2.96. The highest BCUT2D eigenvalue weighted by atomic mass is 32.2. The highest BCUT2D eigenvalue weighted by molar-refractivity contribution is 8.22. The number of methoxy groups -OCH3 is 1. The van der Waals surface area contributed by atoms with E-state index in [0.717, 1.165) is 22.5 Å². The first-order chi connectivity index (χ1) is 8.15. The Kier molecular flexibility index (Phi) is 4.47. The third-order valence-corrected chi connectivity index (χ3v) is 5.87. The summed E-state index contributed by atoms with van der Waals surface area (Å²) in [7, 11) is 1.46. The smallest absolute Gasteiger partial charge is 0.314 e. The molecule has 4 heteroatoms. The molecule has 0 radical (unpaired) electrons. The summed E-state index contributed by atoms with van der Waals surface area (Å²) < 4.78 is 5.68. The van der Waals surface area contributed by atoms with Gasteiger partial charge in [0.25, 0.3) is 0 Å². The van der Waals surface area contributed by atoms with Crippen molar-refractivity contribution in [1.29, 1.82) is 0 Å². The van der Waals surface area contributed by atoms with E-state index in [2.05, 4.69) is 0 Å². The minimum atomic E-state index is -0.172. The molecule has 0 N–H and O–H groups in total. The summed E-state index contributed by atoms with van der Waals surface area (Å²) >= 11 is 6.81. The Labute approximate surface area is 113 Å². The van der Waals surface area contributed by atoms with Crippen LogP contribution in [0.15, 0.2) is 0 Å². The highest BCUT2D eigenvalue weighted by Crippen LogP contribution is 2.50. The summed E-state index contributed by atoms with van der Waals surface area (Å²) in [5.41, 5.74) is 0. The van der Waals surface area contributed by atoms with Crippen molar-refractivity contribution in [3.63, 3.8) is 0 Å². The normalized spacial score (nSPS) is 32.5. The van der Waals surface area contributed by atoms with E-state index in [0.29, 0.717) is 5.92 Å². The van der Waals surface area contributed by atoms with Gasteiger partial charge in [-0.2, -0.15) is 0 Å². The van der Waals surface area contributed by atoms with E-state index in [1.54, 1.807) is 0 Å². The van der Waals surface area contributed by atoms with Gasteiger partial charge in [-0.1, -0.05) is 18.6 Å². The number of hydrogen-bond acceptors (Lipinski definition) is 4. The van der Waals surface area contributed by atoms with E-state index >= 15 is 0 Å². The summed E-state index contributed by atoms with van der Waals surface area (Å²) in [4.78, 5) is 11.8. The van der Waals surface area contributed by atoms with Crippen LogP contribution in [0.25, 0.3) is 0 Å². The van der Waals surface area contributed by atoms with Gasteiger partial charge in [-0.15, -0.1) is 11.8 Å². The molecule has 2 rings (SSSR count). The van der Waals surface area contributed by atoms with Crippen molar-refractivity contribution in [3.05, 3.63) is 0 Å². The van der Waals surface area contributed by atoms with E-state index in [-0.39, 0.29) is 11.9 Å². The second-order valence-electron chi connectivity index (χ2n) is 5.27. The zero-order valence-corrected chi connectivity index (χ0v) is 12.1. The Morgan fingerprint density at radius 2 is 2.24 bits per heavy atom. The van der Waals surface area contributed by atoms with Crippen molar-refractivity contribution in [1.82, 2.24) is 0 Å². The fourth-order valence-corrected chi connectivity index (χ4v) is 4.21. The fraction of sp³-hybridized carbons (Fsp3) is 0.846. The Hall–Kier alpha value is -0.0900. The second-order valence-corrected chi connectivity index (χ2v) is 6.82. The van der Waals surface area contributed by atoms with Crippen LogP contribution in [0.5, 0.6) is 0 Å². The van der Waals surface area contributed by atoms with E-state index in [9.17, 15) is 4.79 Å². The molecule has 2 saturated carbocycles. The lowest BCUT2D eigenvalue weighted by Gasteiger charge is -2.25. The maximum atomic E-state index is 11.8. The van der Waals surface area contributed by atoms with Crippen LogP contribution in [0.2, 0.25) is 0 Å². The summed E-state index contributed by atoms with van der Waals surface area (Å²) in [6, 6.07) is 0. The molecule has 0 aromatic carbocycles. The zero-order valence-electron chi connectivity index (χ0n) is 10.5. The number of ether oxygens (including phenoxy) is 1. The van der Waals surface area contributed by atoms with Gasteiger partial charge in [0, 0.05) is 0 Å². The molecule has 2 fully saturated rings. The molecule has 0 saturated heterocycles. The first-order valence-electron chi connectivity index (χ1n) is 6.31. The number of hydrogen-bond donors (Lipinski definition) is 0. The van der Waals surface area contributed by atoms with Crippen LogP contribution in [0.3, 0.4) is 0 Å². The molecular formula is C13H20O2S2. The van der Waals surface area contributed by atoms with E-state index < -0.39 is 0 Å². The summed E-state index contributed by atoms with van der Waals surface area (Å²) in [5, 5.41) is 0. The van der Waals surface area contributed by atoms with Gasteiger partial charge in [0.05, 0.1) is 17.2 Å². The third kappa shape index (κ3) is 2.84. The fourth-order valence-electron chi connectivity index (χ4n) is 3.54. The van der Waals surface area contributed by atoms with Crippen LogP contribution in [0.4, 0.5) is 0 Å². The number of esters is 1. The minimum absolute atomic E-state index is 0.146. The quantitative estimate of drug-likeness (QED) is 0.579. The number of carbonyl (C=O) groups excluding carboxylic acids is 1. The van der Waals surface area contributed by atoms with Gasteiger partial charge in [-0.3, -0.25) is 4.79 Å². The molecule has 2 bridgehead atoms. The van der Waals surface area contributed by atoms with E-state index in [4.69, 9.17) is 17.0 Å². The lowest BCUT2D eigenvalue weighted by molar-refractivity contribution is -0.143. The minimum Gasteiger partial charge on any atom is -0.469 e. The Bertz CT molecular complexity index is 301. The van der Waals surface area contributed by atoms with Gasteiger partial charge in [0.1, 0.15) is 0 Å². The lowest BCUT2D eigenvalue weighted by atomic mass is 9.82. The molecule has 0 aromatic heterocycles. The first-order valence-corrected chi connectivity index (χ1v) is 7.94. The molecule has 2 nitrogen and oxygen atoms in total. The summed E-state index contributed by atoms with van der Waals surface area (Å²) in [6.07, 6.45) is 8.29. The van der Waals surface area contributed by atoms with Gasteiger partial charge < -0.3 is 4.74 Å². The zero-order chi connectivity index (χ0) is 12.4. The molecular weight excluding hydrogens is 252 g/mol. The van der Waals surface area contributed by atoms with Crippen LogP contribution < -0.4 is 0 Å². The molecule has 4 atom stereocenters. The Morgan fingerprint density at radius 1 is 1.47 bits per heavy atom. The van der Waals surface area contributed by atoms with Crippen molar-refractivity contribution in [2.45, 2.75) is 32.1 Å². The van der Waals surface area contributed by atoms with Gasteiger partial charge in [0.15, 0.2) is 0 Å². The predicted octanol–water partition coefficient (Wildman–Crippen LogP) is 3.29. The predicted molar refractivity (Wildman–Crippen MR) is 75.2 cm³/mol. The van der Waals surface area contributed by atoms with Crippen molar-refractivity contribution < 1.29 is 9.53 Å². The molecule has 2 aliphatic rings. The summed E-state index contributed by atoms with van der Waals surface area (Å²) in [5.74, 6) is 2.15. The molecule has 0 amide bonds. The molecule has 4 unspecified atom stereocenters. The van der Waals surface area contributed by atoms with Gasteiger partial charge in [0.2, 0.25) is 0 Å². The number of fused-ring (bicyclic) bond motifs is 2. The monoisotopic (exact) mass is 272 g/mol. The largest absolute Gasteiger partial charge is 0.469 e. The van der Waals surface area contributed by atoms with Crippen molar-refractivity contribution in [2.75, 3.05) is 13.4 Å². The molecule has 0 aromatic rings. The molecule has 2 aliphatic carbocycles. The molecule has 0 aliphatic heterocycles. The van der Waals surface area contributed by atoms with Crippen molar-refractivity contribution in [3.8, 4) is 0 Å². The topological polar surface area (TPSA) is 26.3 Å². The van der Waals surface area contributed by atoms with Crippen LogP contribution >= 0.6 is 24.0 Å². The number of carbonyl (C=O) groups is 1. The molecule has 96 valence electrons. The SMILES string of the molecule is COC(=O)C(CC1CC2CCC1C2)C(=S)SC. The van der Waals surface area contributed by atoms with Crippen molar-refractivity contribution in [2.24, 2.45) is 23.7 Å². The second kappa shape index (κ2) is 5.70. The molecule has 0 heterocycles. The van der Waals surface area contributed by atoms with Crippen LogP contribution in [0.1, 0.15) is 32.1 Å². The molecule has 0 spiro atoms. The van der Waals surface area contributed by atoms with Crippen LogP contribution in [-0.2, 0) is 9.53 Å². The van der Waals surface area contributed by atoms with Crippen molar-refractivity contribution >= 4 is 34.1 Å². The van der Waals surface area contributed by atoms with Gasteiger partial charge in [-0.25, -0.2) is 0 Å². The highest BCUT2D eigenvalue weighted by Gasteiger charge is 2.41.